The summed E-state index contributed by atoms with van der Waals surface area (Å²) in [5.41, 5.74) is 0. The molecule has 0 atom stereocenters. The summed E-state index contributed by atoms with van der Waals surface area (Å²) in [4.78, 5) is 9.56. The van der Waals surface area contributed by atoms with E-state index < -0.39 is 0 Å². The molecule has 1 N–H and O–H groups in total. The zero-order valence-electron chi connectivity index (χ0n) is 11.1. The Balaban J connectivity index is 2.04. The second-order valence-electron chi connectivity index (χ2n) is 4.23. The number of hydrogen-bond acceptors (Lipinski definition) is 5. The molecule has 1 aromatic carbocycles. The highest BCUT2D eigenvalue weighted by molar-refractivity contribution is 9.10. The van der Waals surface area contributed by atoms with Crippen molar-refractivity contribution in [3.8, 4) is 11.6 Å². The third-order valence-corrected chi connectivity index (χ3v) is 3.94. The van der Waals surface area contributed by atoms with Crippen molar-refractivity contribution in [1.82, 2.24) is 9.97 Å². The first kappa shape index (κ1) is 14.2. The fourth-order valence-electron chi connectivity index (χ4n) is 1.84. The smallest absolute Gasteiger partial charge is 0.232 e. The molecule has 3 rings (SSSR count). The van der Waals surface area contributed by atoms with E-state index in [4.69, 9.17) is 4.74 Å². The van der Waals surface area contributed by atoms with E-state index in [9.17, 15) is 4.39 Å². The van der Waals surface area contributed by atoms with E-state index in [2.05, 4.69) is 31.2 Å². The summed E-state index contributed by atoms with van der Waals surface area (Å²) in [7, 11) is 0. The number of rotatable bonds is 4. The number of anilines is 1. The van der Waals surface area contributed by atoms with Gasteiger partial charge >= 0.3 is 0 Å². The van der Waals surface area contributed by atoms with Crippen LogP contribution < -0.4 is 10.1 Å². The van der Waals surface area contributed by atoms with Gasteiger partial charge in [0.2, 0.25) is 11.8 Å². The molecule has 21 heavy (non-hydrogen) atoms. The topological polar surface area (TPSA) is 47.0 Å². The van der Waals surface area contributed by atoms with Crippen LogP contribution in [0.2, 0.25) is 0 Å². The lowest BCUT2D eigenvalue weighted by Gasteiger charge is -2.09. The van der Waals surface area contributed by atoms with Gasteiger partial charge in [0.1, 0.15) is 16.4 Å². The van der Waals surface area contributed by atoms with E-state index in [1.54, 1.807) is 6.07 Å². The van der Waals surface area contributed by atoms with Gasteiger partial charge in [-0.15, -0.1) is 11.3 Å². The van der Waals surface area contributed by atoms with E-state index in [1.807, 2.05) is 18.4 Å². The van der Waals surface area contributed by atoms with Crippen molar-refractivity contribution in [2.75, 3.05) is 11.9 Å². The summed E-state index contributed by atoms with van der Waals surface area (Å²) in [5, 5.41) is 5.79. The molecule has 0 unspecified atom stereocenters. The molecule has 0 bridgehead atoms. The lowest BCUT2D eigenvalue weighted by Crippen LogP contribution is -2.03. The number of benzene rings is 1. The minimum atomic E-state index is -0.373. The molecule has 0 saturated carbocycles. The third-order valence-electron chi connectivity index (χ3n) is 2.68. The molecule has 0 radical (unpaired) electrons. The Labute approximate surface area is 133 Å². The van der Waals surface area contributed by atoms with Crippen LogP contribution in [0.15, 0.2) is 34.1 Å². The molecule has 0 saturated heterocycles. The van der Waals surface area contributed by atoms with Crippen LogP contribution in [0.3, 0.4) is 0 Å². The quantitative estimate of drug-likeness (QED) is 0.718. The highest BCUT2D eigenvalue weighted by Gasteiger charge is 2.11. The minimum absolute atomic E-state index is 0.373. The fourth-order valence-corrected chi connectivity index (χ4v) is 3.04. The van der Waals surface area contributed by atoms with Gasteiger partial charge in [0, 0.05) is 17.1 Å². The minimum Gasteiger partial charge on any atom is -0.438 e. The molecule has 2 heterocycles. The van der Waals surface area contributed by atoms with Crippen molar-refractivity contribution in [3.05, 3.63) is 39.9 Å². The van der Waals surface area contributed by atoms with Crippen molar-refractivity contribution in [1.29, 1.82) is 0 Å². The SMILES string of the molecule is CCNc1nc(Oc2cc(F)cc(Br)c2)c2ccsc2n1. The van der Waals surface area contributed by atoms with Gasteiger partial charge in [0.05, 0.1) is 5.39 Å². The van der Waals surface area contributed by atoms with Crippen LogP contribution in [0.5, 0.6) is 11.6 Å². The fraction of sp³-hybridized carbons (Fsp3) is 0.143. The molecule has 0 fully saturated rings. The molecule has 0 aliphatic rings. The molecule has 0 aliphatic carbocycles. The lowest BCUT2D eigenvalue weighted by molar-refractivity contribution is 0.463. The van der Waals surface area contributed by atoms with Gasteiger partial charge in [-0.1, -0.05) is 15.9 Å². The predicted octanol–water partition coefficient (Wildman–Crippen LogP) is 4.82. The van der Waals surface area contributed by atoms with E-state index >= 15 is 0 Å². The predicted molar refractivity (Wildman–Crippen MR) is 85.8 cm³/mol. The molecule has 3 aromatic rings. The number of fused-ring (bicyclic) bond motifs is 1. The Kier molecular flexibility index (Phi) is 4.03. The molecule has 7 heteroatoms. The summed E-state index contributed by atoms with van der Waals surface area (Å²) in [6, 6.07) is 6.27. The summed E-state index contributed by atoms with van der Waals surface area (Å²) in [5.74, 6) is 0.921. The molecule has 108 valence electrons. The number of halogens is 2. The normalized spacial score (nSPS) is 10.8. The van der Waals surface area contributed by atoms with Gasteiger partial charge in [0.25, 0.3) is 0 Å². The van der Waals surface area contributed by atoms with Gasteiger partial charge in [-0.25, -0.2) is 9.37 Å². The Morgan fingerprint density at radius 3 is 2.95 bits per heavy atom. The summed E-state index contributed by atoms with van der Waals surface area (Å²) in [6.45, 7) is 2.67. The summed E-state index contributed by atoms with van der Waals surface area (Å²) < 4.78 is 19.8. The third kappa shape index (κ3) is 3.14. The van der Waals surface area contributed by atoms with Crippen LogP contribution in [-0.2, 0) is 0 Å². The highest BCUT2D eigenvalue weighted by Crippen LogP contribution is 2.32. The van der Waals surface area contributed by atoms with E-state index in [0.29, 0.717) is 28.6 Å². The first-order valence-corrected chi connectivity index (χ1v) is 7.96. The number of nitrogens with zero attached hydrogens (tertiary/aromatic N) is 2. The van der Waals surface area contributed by atoms with Crippen LogP contribution in [0.1, 0.15) is 6.92 Å². The number of nitrogens with one attached hydrogen (secondary N) is 1. The lowest BCUT2D eigenvalue weighted by atomic mass is 10.3. The Morgan fingerprint density at radius 1 is 1.33 bits per heavy atom. The monoisotopic (exact) mass is 367 g/mol. The number of hydrogen-bond donors (Lipinski definition) is 1. The van der Waals surface area contributed by atoms with Crippen molar-refractivity contribution in [2.24, 2.45) is 0 Å². The van der Waals surface area contributed by atoms with E-state index in [-0.39, 0.29) is 5.82 Å². The zero-order chi connectivity index (χ0) is 14.8. The molecule has 2 aromatic heterocycles. The van der Waals surface area contributed by atoms with Crippen molar-refractivity contribution in [2.45, 2.75) is 6.92 Å². The maximum Gasteiger partial charge on any atom is 0.232 e. The maximum absolute atomic E-state index is 13.4. The average Bonchev–Trinajstić information content (AvgIpc) is 2.86. The summed E-state index contributed by atoms with van der Waals surface area (Å²) >= 11 is 4.75. The van der Waals surface area contributed by atoms with Crippen LogP contribution in [0, 0.1) is 5.82 Å². The molecular formula is C14H11BrFN3OS. The van der Waals surface area contributed by atoms with E-state index in [1.165, 1.54) is 23.5 Å². The Bertz CT molecular complexity index is 773. The van der Waals surface area contributed by atoms with E-state index in [0.717, 1.165) is 10.2 Å². The average molecular weight is 368 g/mol. The standard InChI is InChI=1S/C14H11BrFN3OS/c1-2-17-14-18-12(11-3-4-21-13(11)19-14)20-10-6-8(15)5-9(16)7-10/h3-7H,2H2,1H3,(H,17,18,19). The molecular weight excluding hydrogens is 357 g/mol. The number of thiophene rings is 1. The van der Waals surface area contributed by atoms with Crippen molar-refractivity contribution < 1.29 is 9.13 Å². The first-order chi connectivity index (χ1) is 10.2. The largest absolute Gasteiger partial charge is 0.438 e. The second-order valence-corrected chi connectivity index (χ2v) is 6.04. The molecule has 4 nitrogen and oxygen atoms in total. The van der Waals surface area contributed by atoms with Gasteiger partial charge in [-0.3, -0.25) is 0 Å². The molecule has 0 aliphatic heterocycles. The van der Waals surface area contributed by atoms with Gasteiger partial charge in [0.15, 0.2) is 0 Å². The second kappa shape index (κ2) is 5.95. The Morgan fingerprint density at radius 2 is 2.19 bits per heavy atom. The van der Waals surface area contributed by atoms with Crippen LogP contribution in [0.25, 0.3) is 10.2 Å². The molecule has 0 amide bonds. The van der Waals surface area contributed by atoms with Gasteiger partial charge < -0.3 is 10.1 Å². The maximum atomic E-state index is 13.4. The van der Waals surface area contributed by atoms with Crippen LogP contribution in [0.4, 0.5) is 10.3 Å². The van der Waals surface area contributed by atoms with Gasteiger partial charge in [-0.05, 0) is 30.5 Å². The molecule has 0 spiro atoms. The number of aromatic nitrogens is 2. The zero-order valence-corrected chi connectivity index (χ0v) is 13.5. The van der Waals surface area contributed by atoms with Crippen molar-refractivity contribution >= 4 is 43.4 Å². The van der Waals surface area contributed by atoms with Crippen molar-refractivity contribution in [3.63, 3.8) is 0 Å². The first-order valence-electron chi connectivity index (χ1n) is 6.29. The Hall–Kier alpha value is -1.73. The van der Waals surface area contributed by atoms with Gasteiger partial charge in [-0.2, -0.15) is 4.98 Å². The number of ether oxygens (including phenoxy) is 1. The van der Waals surface area contributed by atoms with Crippen LogP contribution >= 0.6 is 27.3 Å². The highest BCUT2D eigenvalue weighted by atomic mass is 79.9. The van der Waals surface area contributed by atoms with Crippen LogP contribution in [-0.4, -0.2) is 16.5 Å². The summed E-state index contributed by atoms with van der Waals surface area (Å²) in [6.07, 6.45) is 0.